The third-order valence-electron chi connectivity index (χ3n) is 3.69. The maximum Gasteiger partial charge on any atom is 0.203 e. The highest BCUT2D eigenvalue weighted by Crippen LogP contribution is 2.38. The number of Topliss-reactive ketones (excluding diaryl/α,β-unsaturated/α-hetero) is 1. The molecule has 26 heavy (non-hydrogen) atoms. The first-order valence-electron chi connectivity index (χ1n) is 8.18. The van der Waals surface area contributed by atoms with Crippen LogP contribution in [0, 0.1) is 0 Å². The van der Waals surface area contributed by atoms with Gasteiger partial charge >= 0.3 is 0 Å². The molecule has 0 unspecified atom stereocenters. The highest BCUT2D eigenvalue weighted by Gasteiger charge is 2.12. The maximum atomic E-state index is 11.1. The van der Waals surface area contributed by atoms with E-state index >= 15 is 0 Å². The summed E-state index contributed by atoms with van der Waals surface area (Å²) in [7, 11) is 4.75. The summed E-state index contributed by atoms with van der Waals surface area (Å²) in [4.78, 5) is 15.5. The topological polar surface area (TPSA) is 57.1 Å². The fourth-order valence-electron chi connectivity index (χ4n) is 2.40. The van der Waals surface area contributed by atoms with Crippen molar-refractivity contribution in [2.75, 3.05) is 21.3 Å². The van der Waals surface area contributed by atoms with Crippen LogP contribution < -0.4 is 14.2 Å². The Bertz CT molecular complexity index is 800. The molecule has 0 radical (unpaired) electrons. The van der Waals surface area contributed by atoms with E-state index in [-0.39, 0.29) is 5.78 Å². The maximum absolute atomic E-state index is 11.1. The lowest BCUT2D eigenvalue weighted by Crippen LogP contribution is -1.95. The lowest BCUT2D eigenvalue weighted by Gasteiger charge is -2.12. The van der Waals surface area contributed by atoms with Gasteiger partial charge in [-0.15, -0.1) is 0 Å². The van der Waals surface area contributed by atoms with Crippen molar-refractivity contribution in [1.29, 1.82) is 0 Å². The van der Waals surface area contributed by atoms with E-state index in [1.54, 1.807) is 34.5 Å². The zero-order chi connectivity index (χ0) is 18.9. The molecule has 0 bridgehead atoms. The third kappa shape index (κ3) is 4.96. The van der Waals surface area contributed by atoms with Gasteiger partial charge in [0.05, 0.1) is 27.0 Å². The smallest absolute Gasteiger partial charge is 0.203 e. The largest absolute Gasteiger partial charge is 0.493 e. The van der Waals surface area contributed by atoms with Gasteiger partial charge in [0, 0.05) is 18.2 Å². The molecule has 0 aromatic heterocycles. The molecule has 5 heteroatoms. The monoisotopic (exact) mass is 353 g/mol. The van der Waals surface area contributed by atoms with Crippen LogP contribution in [0.1, 0.15) is 24.5 Å². The first-order valence-corrected chi connectivity index (χ1v) is 8.18. The molecule has 136 valence electrons. The number of hydrogen-bond donors (Lipinski definition) is 0. The van der Waals surface area contributed by atoms with Crippen LogP contribution >= 0.6 is 0 Å². The molecule has 0 aliphatic carbocycles. The Morgan fingerprint density at radius 2 is 1.65 bits per heavy atom. The summed E-state index contributed by atoms with van der Waals surface area (Å²) in [5.74, 6) is 1.83. The number of para-hydroxylation sites is 1. The summed E-state index contributed by atoms with van der Waals surface area (Å²) in [6.45, 7) is 1.54. The fraction of sp³-hybridized carbons (Fsp3) is 0.238. The van der Waals surface area contributed by atoms with E-state index in [1.165, 1.54) is 0 Å². The number of carbonyl (C=O) groups is 1. The number of rotatable bonds is 8. The Morgan fingerprint density at radius 3 is 2.23 bits per heavy atom. The molecule has 0 aliphatic heterocycles. The second-order valence-electron chi connectivity index (χ2n) is 5.57. The molecule has 0 fully saturated rings. The summed E-state index contributed by atoms with van der Waals surface area (Å²) in [5, 5.41) is 0. The van der Waals surface area contributed by atoms with Crippen molar-refractivity contribution >= 4 is 29.8 Å². The van der Waals surface area contributed by atoms with Crippen LogP contribution in [-0.2, 0) is 4.79 Å². The lowest BCUT2D eigenvalue weighted by atomic mass is 10.1. The third-order valence-corrected chi connectivity index (χ3v) is 3.69. The van der Waals surface area contributed by atoms with E-state index in [1.807, 2.05) is 48.6 Å². The zero-order valence-electron chi connectivity index (χ0n) is 15.5. The zero-order valence-corrected chi connectivity index (χ0v) is 15.5. The van der Waals surface area contributed by atoms with E-state index in [2.05, 4.69) is 4.99 Å². The standard InChI is InChI=1S/C21H23NO4/c1-15(23)11-12-22-18-8-6-5-7-17(18)10-9-16-13-19(24-2)21(26-4)20(14-16)25-3/h5-10,12-14H,11H2,1-4H3/b10-9-,22-12?. The molecule has 0 atom stereocenters. The predicted molar refractivity (Wildman–Crippen MR) is 105 cm³/mol. The molecule has 0 saturated carbocycles. The number of ketones is 1. The van der Waals surface area contributed by atoms with E-state index in [9.17, 15) is 4.79 Å². The first kappa shape index (κ1) is 19.2. The summed E-state index contributed by atoms with van der Waals surface area (Å²) >= 11 is 0. The van der Waals surface area contributed by atoms with Crippen molar-refractivity contribution in [2.45, 2.75) is 13.3 Å². The Morgan fingerprint density at radius 1 is 1.00 bits per heavy atom. The molecule has 0 aliphatic rings. The van der Waals surface area contributed by atoms with E-state index in [0.717, 1.165) is 16.8 Å². The van der Waals surface area contributed by atoms with Crippen LogP contribution in [0.15, 0.2) is 41.4 Å². The molecular formula is C21H23NO4. The molecular weight excluding hydrogens is 330 g/mol. The number of carbonyl (C=O) groups excluding carboxylic acids is 1. The van der Waals surface area contributed by atoms with Crippen molar-refractivity contribution in [1.82, 2.24) is 0 Å². The lowest BCUT2D eigenvalue weighted by molar-refractivity contribution is -0.115. The van der Waals surface area contributed by atoms with E-state index < -0.39 is 0 Å². The van der Waals surface area contributed by atoms with Gasteiger partial charge in [0.1, 0.15) is 5.78 Å². The Kier molecular flexibility index (Phi) is 6.97. The SMILES string of the molecule is COc1cc(/C=C\c2ccccc2N=CCC(C)=O)cc(OC)c1OC. The predicted octanol–water partition coefficient (Wildman–Crippen LogP) is 4.56. The van der Waals surface area contributed by atoms with Crippen LogP contribution in [0.3, 0.4) is 0 Å². The average molecular weight is 353 g/mol. The number of aliphatic imine (C=N–C) groups is 1. The molecule has 0 N–H and O–H groups in total. The first-order chi connectivity index (χ1) is 12.6. The Balaban J connectivity index is 2.33. The number of nitrogens with zero attached hydrogens (tertiary/aromatic N) is 1. The van der Waals surface area contributed by atoms with Crippen molar-refractivity contribution in [2.24, 2.45) is 4.99 Å². The van der Waals surface area contributed by atoms with Crippen LogP contribution in [0.2, 0.25) is 0 Å². The molecule has 0 spiro atoms. The van der Waals surface area contributed by atoms with E-state index in [4.69, 9.17) is 14.2 Å². The van der Waals surface area contributed by atoms with Gasteiger partial charge in [-0.25, -0.2) is 0 Å². The van der Waals surface area contributed by atoms with Crippen molar-refractivity contribution in [3.63, 3.8) is 0 Å². The summed E-state index contributed by atoms with van der Waals surface area (Å²) in [6, 6.07) is 11.5. The van der Waals surface area contributed by atoms with Crippen molar-refractivity contribution < 1.29 is 19.0 Å². The van der Waals surface area contributed by atoms with Gasteiger partial charge in [-0.3, -0.25) is 9.79 Å². The minimum Gasteiger partial charge on any atom is -0.493 e. The minimum absolute atomic E-state index is 0.0826. The quantitative estimate of drug-likeness (QED) is 0.515. The Labute approximate surface area is 153 Å². The number of methoxy groups -OCH3 is 3. The van der Waals surface area contributed by atoms with Gasteiger partial charge < -0.3 is 14.2 Å². The Hall–Kier alpha value is -3.08. The normalized spacial score (nSPS) is 11.1. The molecule has 2 aromatic rings. The summed E-state index contributed by atoms with van der Waals surface area (Å²) in [6.07, 6.45) is 5.87. The average Bonchev–Trinajstić information content (AvgIpc) is 2.65. The van der Waals surface area contributed by atoms with Crippen LogP contribution in [0.5, 0.6) is 17.2 Å². The molecule has 0 saturated heterocycles. The van der Waals surface area contributed by atoms with Gasteiger partial charge in [-0.2, -0.15) is 0 Å². The van der Waals surface area contributed by atoms with Gasteiger partial charge in [-0.1, -0.05) is 30.4 Å². The molecule has 2 aromatic carbocycles. The summed E-state index contributed by atoms with van der Waals surface area (Å²) in [5.41, 5.74) is 2.65. The van der Waals surface area contributed by atoms with Gasteiger partial charge in [0.2, 0.25) is 5.75 Å². The van der Waals surface area contributed by atoms with Crippen LogP contribution in [0.25, 0.3) is 12.2 Å². The number of ether oxygens (including phenoxy) is 3. The highest BCUT2D eigenvalue weighted by molar-refractivity contribution is 5.91. The van der Waals surface area contributed by atoms with Gasteiger partial charge in [0.15, 0.2) is 11.5 Å². The minimum atomic E-state index is 0.0826. The molecule has 0 heterocycles. The van der Waals surface area contributed by atoms with Crippen molar-refractivity contribution in [3.8, 4) is 17.2 Å². The van der Waals surface area contributed by atoms with Gasteiger partial charge in [0.25, 0.3) is 0 Å². The number of benzene rings is 2. The fourth-order valence-corrected chi connectivity index (χ4v) is 2.40. The second kappa shape index (κ2) is 9.42. The molecule has 0 amide bonds. The van der Waals surface area contributed by atoms with Crippen LogP contribution in [-0.4, -0.2) is 33.3 Å². The summed E-state index contributed by atoms with van der Waals surface area (Å²) < 4.78 is 16.1. The highest BCUT2D eigenvalue weighted by atomic mass is 16.5. The second-order valence-corrected chi connectivity index (χ2v) is 5.57. The molecule has 2 rings (SSSR count). The van der Waals surface area contributed by atoms with Crippen LogP contribution in [0.4, 0.5) is 5.69 Å². The van der Waals surface area contributed by atoms with Crippen molar-refractivity contribution in [3.05, 3.63) is 47.5 Å². The number of hydrogen-bond acceptors (Lipinski definition) is 5. The van der Waals surface area contributed by atoms with Gasteiger partial charge in [-0.05, 0) is 30.7 Å². The molecule has 5 nitrogen and oxygen atoms in total. The van der Waals surface area contributed by atoms with E-state index in [0.29, 0.717) is 23.7 Å².